The van der Waals surface area contributed by atoms with Crippen molar-refractivity contribution in [1.82, 2.24) is 73.0 Å². The fourth-order valence-electron chi connectivity index (χ4n) is 17.6. The smallest absolute Gasteiger partial charge is 0.158 e. The third-order valence-electron chi connectivity index (χ3n) is 24.8. The van der Waals surface area contributed by atoms with Crippen molar-refractivity contribution in [3.05, 3.63) is 144 Å². The number of hydrogen-bond donors (Lipinski definition) is 10. The Bertz CT molecular complexity index is 5210. The van der Waals surface area contributed by atoms with Gasteiger partial charge in [0, 0.05) is 156 Å². The SMILES string of the molecule is CC(C)c1cccc(-c2cc(N[C@H]3CC[C@H](N)C3)n3nccc3n2)c1.CC1(c2cc(N[C@H]3CC[C@H](N)C3)n3nccc3n2)CC1.CC1CCC(c2cc(N[C@H]3CC[C@H](N)C3)n3nccc3n2)CC1.N[C@H]1CC[C@H](Nc2cc(C#CC3CC3)nc3ccnn23)C1.N[C@H]1CC[C@H](Nc2cc(C#CC3CCCCC3)nc3ccnn23)C1.S.S.S.S.S.S.S.S.S.S. The molecular formula is C88H137N25S10. The number of nitrogens with one attached hydrogen (secondary N) is 5. The summed E-state index contributed by atoms with van der Waals surface area (Å²) in [6, 6.07) is 32.7. The van der Waals surface area contributed by atoms with Gasteiger partial charge in [-0.05, 0) is 183 Å². The van der Waals surface area contributed by atoms with Gasteiger partial charge in [-0.3, -0.25) is 0 Å². The van der Waals surface area contributed by atoms with Crippen LogP contribution in [-0.4, -0.2) is 133 Å². The topological polar surface area (TPSA) is 341 Å². The van der Waals surface area contributed by atoms with E-state index in [2.05, 4.69) is 156 Å². The molecule has 25 nitrogen and oxygen atoms in total. The molecule has 10 atom stereocenters. The Morgan fingerprint density at radius 2 is 0.732 bits per heavy atom. The molecule has 35 heteroatoms. The lowest BCUT2D eigenvalue weighted by Crippen LogP contribution is -2.22. The standard InChI is InChI=1S/C20H25N5.C19H25N5.C18H27N5.C16H19N5.C15H21N5.10H2S/c1-13(2)14-4-3-5-15(10-14)18-12-20(23-17-7-6-16(21)11-17)25-19(24-18)8-9-22-25;20-15-7-9-16(12-15)23-19-13-17(22-18-10-11-21-24(18)19)8-6-14-4-2-1-3-5-14;1-12-2-4-13(5-3-12)16-11-18(21-15-7-6-14(19)10-15)23-17(22-16)8-9-20-23;17-12-4-6-13(9-12)20-16-10-14(5-3-11-1-2-11)19-15-7-8-18-21(15)16;1-15(5-6-15)12-9-14(18-11-3-2-10(16)8-11)20-13(19-12)4-7-17-20;;;;;;;;;;/h3-5,8-10,12-13,16-17,23H,6-7,11,21H2,1-2H3;10-11,13-16,23H,1-5,7,9,12,20H2;8-9,11-15,21H,2-7,10,19H2,1H3;7-8,10-13,20H,1-2,4,6,9,17H2;4,7,9-11,18H,2-3,5-6,8,16H2,1H3;10*1H2/t16-,17-;15-,16-;12?,13?,14-,15-;12-,13-;10-,11-;;;;;;;;;;/m00000........../s1. The molecule has 1 aromatic carbocycles. The predicted octanol–water partition coefficient (Wildman–Crippen LogP) is 15.1. The molecule has 0 radical (unpaired) electrons. The van der Waals surface area contributed by atoms with E-state index in [1.165, 1.54) is 100 Å². The van der Waals surface area contributed by atoms with Gasteiger partial charge < -0.3 is 55.3 Å². The van der Waals surface area contributed by atoms with Crippen LogP contribution < -0.4 is 55.3 Å². The molecule has 0 bridgehead atoms. The molecule has 674 valence electrons. The predicted molar refractivity (Wildman–Crippen MR) is 554 cm³/mol. The number of nitrogens with two attached hydrogens (primary N) is 5. The Balaban J connectivity index is 0.000000234. The van der Waals surface area contributed by atoms with Crippen molar-refractivity contribution in [3.8, 4) is 34.9 Å². The van der Waals surface area contributed by atoms with Gasteiger partial charge in [-0.25, -0.2) is 24.9 Å². The number of hydrogen-bond acceptors (Lipinski definition) is 20. The van der Waals surface area contributed by atoms with E-state index < -0.39 is 0 Å². The molecule has 10 heterocycles. The molecule has 10 aromatic heterocycles. The summed E-state index contributed by atoms with van der Waals surface area (Å²) in [6.07, 6.45) is 41.7. The highest BCUT2D eigenvalue weighted by Gasteiger charge is 2.41. The molecule has 0 amide bonds. The summed E-state index contributed by atoms with van der Waals surface area (Å²) in [5, 5.41) is 40.0. The number of anilines is 5. The van der Waals surface area contributed by atoms with E-state index in [0.29, 0.717) is 84.1 Å². The molecule has 15 N–H and O–H groups in total. The van der Waals surface area contributed by atoms with Crippen LogP contribution in [0.15, 0.2) is 116 Å². The lowest BCUT2D eigenvalue weighted by Gasteiger charge is -2.26. The molecule has 9 saturated carbocycles. The maximum Gasteiger partial charge on any atom is 0.158 e. The third-order valence-corrected chi connectivity index (χ3v) is 24.8. The van der Waals surface area contributed by atoms with Gasteiger partial charge in [0.1, 0.15) is 40.5 Å². The minimum Gasteiger partial charge on any atom is -0.367 e. The van der Waals surface area contributed by atoms with Crippen LogP contribution in [0.2, 0.25) is 0 Å². The third kappa shape index (κ3) is 27.6. The van der Waals surface area contributed by atoms with Crippen molar-refractivity contribution < 1.29 is 0 Å². The minimum atomic E-state index is 0. The van der Waals surface area contributed by atoms with Crippen molar-refractivity contribution >= 4 is 192 Å². The van der Waals surface area contributed by atoms with Gasteiger partial charge in [-0.15, -0.1) is 0 Å². The Labute approximate surface area is 796 Å². The minimum absolute atomic E-state index is 0. The fourth-order valence-corrected chi connectivity index (χ4v) is 17.6. The zero-order valence-electron chi connectivity index (χ0n) is 71.5. The zero-order valence-corrected chi connectivity index (χ0v) is 81.5. The average molecular weight is 1870 g/mol. The zero-order chi connectivity index (χ0) is 77.5. The summed E-state index contributed by atoms with van der Waals surface area (Å²) in [4.78, 5) is 23.6. The number of benzene rings is 1. The van der Waals surface area contributed by atoms with Crippen LogP contribution in [0.4, 0.5) is 29.1 Å². The molecule has 0 spiro atoms. The molecular weight excluding hydrogens is 1730 g/mol. The number of nitrogens with zero attached hydrogens (tertiary/aromatic N) is 15. The molecule has 0 aliphatic heterocycles. The highest BCUT2D eigenvalue weighted by Crippen LogP contribution is 2.47. The lowest BCUT2D eigenvalue weighted by molar-refractivity contribution is 0.344. The quantitative estimate of drug-likeness (QED) is 0.0452. The van der Waals surface area contributed by atoms with Crippen LogP contribution in [0.5, 0.6) is 0 Å². The first-order valence-electron chi connectivity index (χ1n) is 42.5. The number of rotatable bonds is 14. The van der Waals surface area contributed by atoms with Crippen LogP contribution in [0.25, 0.3) is 39.5 Å². The van der Waals surface area contributed by atoms with Gasteiger partial charge in [0.05, 0.1) is 42.4 Å². The van der Waals surface area contributed by atoms with Gasteiger partial charge in [-0.1, -0.05) is 89.8 Å². The molecule has 9 aliphatic rings. The fraction of sp³-hybridized carbons (Fsp3) is 0.545. The normalized spacial score (nSPS) is 23.7. The van der Waals surface area contributed by atoms with Crippen molar-refractivity contribution in [2.24, 2.45) is 46.4 Å². The summed E-state index contributed by atoms with van der Waals surface area (Å²) >= 11 is 0. The molecule has 0 unspecified atom stereocenters. The highest BCUT2D eigenvalue weighted by atomic mass is 32.1. The van der Waals surface area contributed by atoms with Crippen molar-refractivity contribution in [2.45, 2.75) is 285 Å². The Kier molecular flexibility index (Phi) is 41.8. The van der Waals surface area contributed by atoms with Gasteiger partial charge in [0.2, 0.25) is 0 Å². The van der Waals surface area contributed by atoms with E-state index in [0.717, 1.165) is 182 Å². The van der Waals surface area contributed by atoms with E-state index in [9.17, 15) is 0 Å². The first kappa shape index (κ1) is 106. The summed E-state index contributed by atoms with van der Waals surface area (Å²) < 4.78 is 9.40. The molecule has 123 heavy (non-hydrogen) atoms. The van der Waals surface area contributed by atoms with Gasteiger partial charge in [0.25, 0.3) is 0 Å². The summed E-state index contributed by atoms with van der Waals surface area (Å²) in [7, 11) is 0. The summed E-state index contributed by atoms with van der Waals surface area (Å²) in [5.74, 6) is 21.3. The first-order chi connectivity index (χ1) is 55.0. The van der Waals surface area contributed by atoms with Gasteiger partial charge in [0.15, 0.2) is 28.2 Å². The van der Waals surface area contributed by atoms with Crippen LogP contribution in [-0.2, 0) is 5.41 Å². The van der Waals surface area contributed by atoms with Crippen molar-refractivity contribution in [3.63, 3.8) is 0 Å². The Morgan fingerprint density at radius 1 is 0.374 bits per heavy atom. The van der Waals surface area contributed by atoms with E-state index in [4.69, 9.17) is 43.6 Å². The monoisotopic (exact) mass is 1860 g/mol. The molecule has 9 aliphatic carbocycles. The van der Waals surface area contributed by atoms with Gasteiger partial charge in [-0.2, -0.15) is 183 Å². The molecule has 20 rings (SSSR count). The van der Waals surface area contributed by atoms with Crippen LogP contribution >= 0.6 is 135 Å². The van der Waals surface area contributed by atoms with E-state index in [1.54, 1.807) is 18.6 Å². The first-order valence-corrected chi connectivity index (χ1v) is 42.5. The molecule has 0 saturated heterocycles. The average Bonchev–Trinajstić information content (AvgIpc) is 1.61. The number of fused-ring (bicyclic) bond motifs is 5. The van der Waals surface area contributed by atoms with Crippen LogP contribution in [0.3, 0.4) is 0 Å². The second kappa shape index (κ2) is 48.8. The van der Waals surface area contributed by atoms with Crippen molar-refractivity contribution in [2.75, 3.05) is 26.6 Å². The van der Waals surface area contributed by atoms with Crippen LogP contribution in [0.1, 0.15) is 248 Å². The second-order valence-corrected chi connectivity index (χ2v) is 34.7. The number of aromatic nitrogens is 15. The van der Waals surface area contributed by atoms with Gasteiger partial charge >= 0.3 is 0 Å². The largest absolute Gasteiger partial charge is 0.367 e. The summed E-state index contributed by atoms with van der Waals surface area (Å²) in [6.45, 7) is 9.07. The summed E-state index contributed by atoms with van der Waals surface area (Å²) in [5.41, 5.74) is 42.3. The Hall–Kier alpha value is -6.26. The molecule has 11 aromatic rings. The maximum absolute atomic E-state index is 6.06. The van der Waals surface area contributed by atoms with Crippen molar-refractivity contribution in [1.29, 1.82) is 0 Å². The maximum atomic E-state index is 6.06. The highest BCUT2D eigenvalue weighted by molar-refractivity contribution is 7.60. The second-order valence-electron chi connectivity index (χ2n) is 34.7. The van der Waals surface area contributed by atoms with E-state index >= 15 is 0 Å². The lowest BCUT2D eigenvalue weighted by atomic mass is 9.81. The molecule has 9 fully saturated rings. The van der Waals surface area contributed by atoms with E-state index in [-0.39, 0.29) is 140 Å². The van der Waals surface area contributed by atoms with Crippen LogP contribution in [0, 0.1) is 41.4 Å². The van der Waals surface area contributed by atoms with E-state index in [1.807, 2.05) is 77.4 Å². The Morgan fingerprint density at radius 3 is 1.11 bits per heavy atom.